The molecule has 2 fully saturated rings. The number of amides is 1. The maximum Gasteiger partial charge on any atom is 0.260 e. The maximum absolute atomic E-state index is 12.6. The summed E-state index contributed by atoms with van der Waals surface area (Å²) in [7, 11) is 0. The first-order valence-electron chi connectivity index (χ1n) is 10.3. The number of carbonyl (C=O) groups excluding carboxylic acids is 1. The molecule has 144 valence electrons. The summed E-state index contributed by atoms with van der Waals surface area (Å²) in [4.78, 5) is 17.1. The minimum absolute atomic E-state index is 0.0971. The van der Waals surface area contributed by atoms with Crippen LogP contribution in [0.2, 0.25) is 0 Å². The molecule has 1 saturated carbocycles. The standard InChI is InChI=1S/C23H30N2O2/c1-18-5-4-8-21(15-18)24-11-13-25(14-12-24)23(26)17-27-22-10-9-19-6-2-3-7-20(19)16-22/h2-3,6-7,9-10,16,18,21H,4-5,8,11-15,17H2,1H3/t18-,21-/m1/s1. The second-order valence-corrected chi connectivity index (χ2v) is 8.14. The van der Waals surface area contributed by atoms with Gasteiger partial charge in [-0.1, -0.05) is 50.1 Å². The molecule has 2 aromatic carbocycles. The molecule has 0 N–H and O–H groups in total. The molecule has 27 heavy (non-hydrogen) atoms. The first kappa shape index (κ1) is 18.3. The number of hydrogen-bond donors (Lipinski definition) is 0. The summed E-state index contributed by atoms with van der Waals surface area (Å²) in [6.07, 6.45) is 5.37. The zero-order chi connectivity index (χ0) is 18.6. The van der Waals surface area contributed by atoms with Crippen molar-refractivity contribution in [1.29, 1.82) is 0 Å². The molecular weight excluding hydrogens is 336 g/mol. The summed E-state index contributed by atoms with van der Waals surface area (Å²) < 4.78 is 5.78. The molecule has 4 heteroatoms. The van der Waals surface area contributed by atoms with Gasteiger partial charge in [-0.25, -0.2) is 0 Å². The lowest BCUT2D eigenvalue weighted by atomic mass is 9.86. The number of benzene rings is 2. The fourth-order valence-electron chi connectivity index (χ4n) is 4.56. The average molecular weight is 367 g/mol. The van der Waals surface area contributed by atoms with E-state index in [4.69, 9.17) is 4.74 Å². The van der Waals surface area contributed by atoms with Crippen LogP contribution in [-0.2, 0) is 4.79 Å². The number of carbonyl (C=O) groups is 1. The van der Waals surface area contributed by atoms with Gasteiger partial charge in [-0.3, -0.25) is 9.69 Å². The zero-order valence-corrected chi connectivity index (χ0v) is 16.3. The Bertz CT molecular complexity index is 783. The third kappa shape index (κ3) is 4.44. The van der Waals surface area contributed by atoms with Crippen molar-refractivity contribution in [1.82, 2.24) is 9.80 Å². The molecule has 1 aliphatic heterocycles. The number of nitrogens with zero attached hydrogens (tertiary/aromatic N) is 2. The van der Waals surface area contributed by atoms with E-state index in [2.05, 4.69) is 24.0 Å². The summed E-state index contributed by atoms with van der Waals surface area (Å²) in [5.74, 6) is 1.70. The highest BCUT2D eigenvalue weighted by Crippen LogP contribution is 2.28. The molecule has 2 aliphatic rings. The number of rotatable bonds is 4. The monoisotopic (exact) mass is 366 g/mol. The van der Waals surface area contributed by atoms with Crippen molar-refractivity contribution in [2.24, 2.45) is 5.92 Å². The van der Waals surface area contributed by atoms with Crippen molar-refractivity contribution in [3.63, 3.8) is 0 Å². The van der Waals surface area contributed by atoms with Gasteiger partial charge in [0.05, 0.1) is 0 Å². The van der Waals surface area contributed by atoms with Crippen molar-refractivity contribution < 1.29 is 9.53 Å². The lowest BCUT2D eigenvalue weighted by molar-refractivity contribution is -0.135. The van der Waals surface area contributed by atoms with Crippen LogP contribution >= 0.6 is 0 Å². The predicted molar refractivity (Wildman–Crippen MR) is 109 cm³/mol. The van der Waals surface area contributed by atoms with Crippen LogP contribution in [0.4, 0.5) is 0 Å². The van der Waals surface area contributed by atoms with Gasteiger partial charge < -0.3 is 9.64 Å². The molecule has 4 nitrogen and oxygen atoms in total. The minimum Gasteiger partial charge on any atom is -0.484 e. The smallest absolute Gasteiger partial charge is 0.260 e. The summed E-state index contributed by atoms with van der Waals surface area (Å²) in [6.45, 7) is 6.14. The molecule has 1 heterocycles. The first-order chi connectivity index (χ1) is 13.2. The molecule has 1 amide bonds. The minimum atomic E-state index is 0.0971. The second kappa shape index (κ2) is 8.30. The quantitative estimate of drug-likeness (QED) is 0.822. The van der Waals surface area contributed by atoms with Crippen molar-refractivity contribution in [2.75, 3.05) is 32.8 Å². The SMILES string of the molecule is C[C@@H]1CCC[C@@H](N2CCN(C(=O)COc3ccc4ccccc4c3)CC2)C1. The molecule has 0 aromatic heterocycles. The van der Waals surface area contributed by atoms with Crippen molar-refractivity contribution in [3.05, 3.63) is 42.5 Å². The highest BCUT2D eigenvalue weighted by molar-refractivity contribution is 5.84. The van der Waals surface area contributed by atoms with E-state index in [0.717, 1.165) is 49.3 Å². The summed E-state index contributed by atoms with van der Waals surface area (Å²) in [5, 5.41) is 2.32. The highest BCUT2D eigenvalue weighted by atomic mass is 16.5. The number of piperazine rings is 1. The van der Waals surface area contributed by atoms with E-state index in [1.807, 2.05) is 35.2 Å². The Balaban J connectivity index is 1.26. The Kier molecular flexibility index (Phi) is 5.63. The van der Waals surface area contributed by atoms with Gasteiger partial charge in [-0.2, -0.15) is 0 Å². The van der Waals surface area contributed by atoms with Crippen LogP contribution in [-0.4, -0.2) is 54.5 Å². The predicted octanol–water partition coefficient (Wildman–Crippen LogP) is 3.94. The van der Waals surface area contributed by atoms with Crippen molar-refractivity contribution in [2.45, 2.75) is 38.6 Å². The Morgan fingerprint density at radius 2 is 1.81 bits per heavy atom. The molecule has 0 spiro atoms. The molecule has 0 radical (unpaired) electrons. The van der Waals surface area contributed by atoms with Crippen LogP contribution in [0, 0.1) is 5.92 Å². The fourth-order valence-corrected chi connectivity index (χ4v) is 4.56. The first-order valence-corrected chi connectivity index (χ1v) is 10.3. The van der Waals surface area contributed by atoms with Gasteiger partial charge >= 0.3 is 0 Å². The molecule has 0 unspecified atom stereocenters. The summed E-state index contributed by atoms with van der Waals surface area (Å²) in [5.41, 5.74) is 0. The Morgan fingerprint density at radius 3 is 2.59 bits per heavy atom. The van der Waals surface area contributed by atoms with Gasteiger partial charge in [0.25, 0.3) is 5.91 Å². The van der Waals surface area contributed by atoms with Crippen molar-refractivity contribution >= 4 is 16.7 Å². The number of fused-ring (bicyclic) bond motifs is 1. The summed E-state index contributed by atoms with van der Waals surface area (Å²) in [6, 6.07) is 14.9. The number of hydrogen-bond acceptors (Lipinski definition) is 3. The van der Waals surface area contributed by atoms with Gasteiger partial charge in [-0.05, 0) is 41.7 Å². The average Bonchev–Trinajstić information content (AvgIpc) is 2.72. The van der Waals surface area contributed by atoms with E-state index in [-0.39, 0.29) is 12.5 Å². The van der Waals surface area contributed by atoms with Crippen LogP contribution < -0.4 is 4.74 Å². The van der Waals surface area contributed by atoms with Crippen molar-refractivity contribution in [3.8, 4) is 5.75 Å². The molecule has 4 rings (SSSR count). The molecule has 0 bridgehead atoms. The van der Waals surface area contributed by atoms with Crippen LogP contribution in [0.5, 0.6) is 5.75 Å². The fraction of sp³-hybridized carbons (Fsp3) is 0.522. The van der Waals surface area contributed by atoms with E-state index in [0.29, 0.717) is 0 Å². The Morgan fingerprint density at radius 1 is 1.04 bits per heavy atom. The van der Waals surface area contributed by atoms with Gasteiger partial charge in [0.1, 0.15) is 5.75 Å². The van der Waals surface area contributed by atoms with Gasteiger partial charge in [0.2, 0.25) is 0 Å². The molecule has 2 aromatic rings. The Hall–Kier alpha value is -2.07. The maximum atomic E-state index is 12.6. The largest absolute Gasteiger partial charge is 0.484 e. The van der Waals surface area contributed by atoms with E-state index < -0.39 is 0 Å². The van der Waals surface area contributed by atoms with Gasteiger partial charge in [0, 0.05) is 32.2 Å². The zero-order valence-electron chi connectivity index (χ0n) is 16.3. The third-order valence-corrected chi connectivity index (χ3v) is 6.18. The van der Waals surface area contributed by atoms with E-state index in [9.17, 15) is 4.79 Å². The van der Waals surface area contributed by atoms with Gasteiger partial charge in [-0.15, -0.1) is 0 Å². The van der Waals surface area contributed by atoms with Crippen LogP contribution in [0.1, 0.15) is 32.6 Å². The third-order valence-electron chi connectivity index (χ3n) is 6.18. The number of ether oxygens (including phenoxy) is 1. The molecule has 2 atom stereocenters. The Labute approximate surface area is 162 Å². The normalized spacial score (nSPS) is 24.1. The lowest BCUT2D eigenvalue weighted by Gasteiger charge is -2.42. The summed E-state index contributed by atoms with van der Waals surface area (Å²) >= 11 is 0. The molecular formula is C23H30N2O2. The second-order valence-electron chi connectivity index (χ2n) is 8.14. The molecule has 1 saturated heterocycles. The topological polar surface area (TPSA) is 32.8 Å². The van der Waals surface area contributed by atoms with E-state index >= 15 is 0 Å². The van der Waals surface area contributed by atoms with Gasteiger partial charge in [0.15, 0.2) is 6.61 Å². The van der Waals surface area contributed by atoms with Crippen LogP contribution in [0.3, 0.4) is 0 Å². The van der Waals surface area contributed by atoms with E-state index in [1.54, 1.807) is 0 Å². The lowest BCUT2D eigenvalue weighted by Crippen LogP contribution is -2.53. The molecule has 1 aliphatic carbocycles. The van der Waals surface area contributed by atoms with Crippen LogP contribution in [0.25, 0.3) is 10.8 Å². The highest BCUT2D eigenvalue weighted by Gasteiger charge is 2.28. The van der Waals surface area contributed by atoms with E-state index in [1.165, 1.54) is 31.1 Å². The van der Waals surface area contributed by atoms with Crippen LogP contribution in [0.15, 0.2) is 42.5 Å².